The first-order chi connectivity index (χ1) is 13.1. The van der Waals surface area contributed by atoms with Crippen LogP contribution < -0.4 is 10.2 Å². The van der Waals surface area contributed by atoms with Gasteiger partial charge < -0.3 is 24.4 Å². The van der Waals surface area contributed by atoms with Gasteiger partial charge in [0.2, 0.25) is 0 Å². The summed E-state index contributed by atoms with van der Waals surface area (Å²) in [7, 11) is 2.14. The molecule has 3 fully saturated rings. The number of piperazine rings is 1. The van der Waals surface area contributed by atoms with Crippen molar-refractivity contribution in [1.29, 1.82) is 0 Å². The largest absolute Gasteiger partial charge is 0.439 e. The number of anilines is 1. The number of fused-ring (bicyclic) bond motifs is 3. The fourth-order valence-electron chi connectivity index (χ4n) is 4.66. The first kappa shape index (κ1) is 17.0. The highest BCUT2D eigenvalue weighted by molar-refractivity contribution is 5.96. The molecule has 0 aromatic carbocycles. The predicted octanol–water partition coefficient (Wildman–Crippen LogP) is 1.40. The monoisotopic (exact) mass is 369 g/mol. The number of amides is 1. The van der Waals surface area contributed by atoms with E-state index in [0.717, 1.165) is 61.9 Å². The highest BCUT2D eigenvalue weighted by Gasteiger charge is 2.33. The molecule has 7 heteroatoms. The van der Waals surface area contributed by atoms with Crippen molar-refractivity contribution in [2.24, 2.45) is 5.92 Å². The fourth-order valence-corrected chi connectivity index (χ4v) is 4.66. The van der Waals surface area contributed by atoms with Gasteiger partial charge in [0.15, 0.2) is 11.5 Å². The Morgan fingerprint density at radius 3 is 2.85 bits per heavy atom. The van der Waals surface area contributed by atoms with Gasteiger partial charge in [-0.3, -0.25) is 4.79 Å². The molecule has 0 spiro atoms. The van der Waals surface area contributed by atoms with Gasteiger partial charge in [-0.2, -0.15) is 0 Å². The maximum Gasteiger partial charge on any atom is 0.270 e. The van der Waals surface area contributed by atoms with Crippen molar-refractivity contribution in [1.82, 2.24) is 20.1 Å². The lowest BCUT2D eigenvalue weighted by Gasteiger charge is -2.32. The van der Waals surface area contributed by atoms with Gasteiger partial charge in [0.25, 0.3) is 5.91 Å². The van der Waals surface area contributed by atoms with Gasteiger partial charge in [-0.1, -0.05) is 0 Å². The van der Waals surface area contributed by atoms with Gasteiger partial charge >= 0.3 is 0 Å². The molecule has 5 rings (SSSR count). The zero-order valence-corrected chi connectivity index (χ0v) is 15.9. The molecule has 3 saturated heterocycles. The maximum atomic E-state index is 12.7. The van der Waals surface area contributed by atoms with Crippen molar-refractivity contribution in [3.63, 3.8) is 0 Å². The second-order valence-corrected chi connectivity index (χ2v) is 8.30. The smallest absolute Gasteiger partial charge is 0.270 e. The molecule has 2 aromatic heterocycles. The number of aromatic nitrogens is 1. The zero-order chi connectivity index (χ0) is 18.4. The third kappa shape index (κ3) is 3.41. The minimum Gasteiger partial charge on any atom is -0.439 e. The van der Waals surface area contributed by atoms with E-state index in [2.05, 4.69) is 32.0 Å². The van der Waals surface area contributed by atoms with E-state index in [1.54, 1.807) is 6.20 Å². The lowest BCUT2D eigenvalue weighted by Crippen LogP contribution is -2.47. The van der Waals surface area contributed by atoms with Crippen LogP contribution in [0.5, 0.6) is 0 Å². The molecular weight excluding hydrogens is 342 g/mol. The standard InChI is InChI=1S/C20H27N5O2/c1-23-4-6-25(7-5-23)19-10-15-9-17(21-11-18(15)27-19)20(26)22-16-8-14-2-3-24(12-14)13-16/h9-11,14,16H,2-8,12-13H2,1H3,(H,22,26). The van der Waals surface area contributed by atoms with Crippen molar-refractivity contribution in [2.45, 2.75) is 18.9 Å². The van der Waals surface area contributed by atoms with Crippen molar-refractivity contribution in [3.05, 3.63) is 24.0 Å². The van der Waals surface area contributed by atoms with Crippen LogP contribution in [0.15, 0.2) is 22.7 Å². The molecule has 2 bridgehead atoms. The lowest BCUT2D eigenvalue weighted by atomic mass is 9.97. The van der Waals surface area contributed by atoms with Crippen LogP contribution in [-0.2, 0) is 0 Å². The average molecular weight is 369 g/mol. The number of pyridine rings is 1. The van der Waals surface area contributed by atoms with Crippen molar-refractivity contribution >= 4 is 22.8 Å². The van der Waals surface area contributed by atoms with E-state index in [9.17, 15) is 4.79 Å². The third-order valence-electron chi connectivity index (χ3n) is 6.24. The first-order valence-corrected chi connectivity index (χ1v) is 10.0. The number of carbonyl (C=O) groups excluding carboxylic acids is 1. The highest BCUT2D eigenvalue weighted by atomic mass is 16.4. The van der Waals surface area contributed by atoms with Gasteiger partial charge in [-0.05, 0) is 38.4 Å². The molecule has 27 heavy (non-hydrogen) atoms. The topological polar surface area (TPSA) is 64.8 Å². The maximum absolute atomic E-state index is 12.7. The molecular formula is C20H27N5O2. The predicted molar refractivity (Wildman–Crippen MR) is 104 cm³/mol. The second kappa shape index (κ2) is 6.80. The number of nitrogens with one attached hydrogen (secondary N) is 1. The molecule has 5 heterocycles. The van der Waals surface area contributed by atoms with Gasteiger partial charge in [0.1, 0.15) is 5.69 Å². The van der Waals surface area contributed by atoms with Gasteiger partial charge in [-0.25, -0.2) is 4.98 Å². The Balaban J connectivity index is 1.29. The summed E-state index contributed by atoms with van der Waals surface area (Å²) in [6, 6.07) is 4.12. The van der Waals surface area contributed by atoms with E-state index >= 15 is 0 Å². The van der Waals surface area contributed by atoms with Gasteiger partial charge in [0.05, 0.1) is 6.20 Å². The number of piperidine rings is 1. The Kier molecular flexibility index (Phi) is 4.28. The molecule has 1 N–H and O–H groups in total. The van der Waals surface area contributed by atoms with Crippen LogP contribution in [0.1, 0.15) is 23.3 Å². The minimum absolute atomic E-state index is 0.0771. The van der Waals surface area contributed by atoms with Crippen LogP contribution in [0.4, 0.5) is 5.88 Å². The van der Waals surface area contributed by atoms with Gasteiger partial charge in [0, 0.05) is 56.8 Å². The Morgan fingerprint density at radius 2 is 2.04 bits per heavy atom. The summed E-state index contributed by atoms with van der Waals surface area (Å²) in [5.74, 6) is 1.53. The summed E-state index contributed by atoms with van der Waals surface area (Å²) in [5.41, 5.74) is 1.21. The van der Waals surface area contributed by atoms with Crippen LogP contribution in [0.25, 0.3) is 11.0 Å². The summed E-state index contributed by atoms with van der Waals surface area (Å²) in [5, 5.41) is 4.13. The van der Waals surface area contributed by atoms with E-state index in [4.69, 9.17) is 4.42 Å². The fraction of sp³-hybridized carbons (Fsp3) is 0.600. The quantitative estimate of drug-likeness (QED) is 0.882. The molecule has 0 aliphatic carbocycles. The highest BCUT2D eigenvalue weighted by Crippen LogP contribution is 2.28. The summed E-state index contributed by atoms with van der Waals surface area (Å²) >= 11 is 0. The first-order valence-electron chi connectivity index (χ1n) is 10.0. The molecule has 7 nitrogen and oxygen atoms in total. The summed E-state index contributed by atoms with van der Waals surface area (Å²) in [6.45, 7) is 7.30. The van der Waals surface area contributed by atoms with Crippen LogP contribution in [0.3, 0.4) is 0 Å². The molecule has 2 aromatic rings. The number of hydrogen-bond acceptors (Lipinski definition) is 6. The number of likely N-dealkylation sites (N-methyl/N-ethyl adjacent to an activating group) is 1. The van der Waals surface area contributed by atoms with E-state index < -0.39 is 0 Å². The molecule has 0 saturated carbocycles. The van der Waals surface area contributed by atoms with Crippen LogP contribution >= 0.6 is 0 Å². The Labute approximate surface area is 159 Å². The number of furan rings is 1. The van der Waals surface area contributed by atoms with Crippen molar-refractivity contribution in [3.8, 4) is 0 Å². The van der Waals surface area contributed by atoms with Crippen LogP contribution in [0, 0.1) is 5.92 Å². The molecule has 3 aliphatic heterocycles. The minimum atomic E-state index is -0.0771. The number of hydrogen-bond donors (Lipinski definition) is 1. The molecule has 3 atom stereocenters. The zero-order valence-electron chi connectivity index (χ0n) is 15.9. The third-order valence-corrected chi connectivity index (χ3v) is 6.24. The van der Waals surface area contributed by atoms with Crippen molar-refractivity contribution < 1.29 is 9.21 Å². The summed E-state index contributed by atoms with van der Waals surface area (Å²) in [4.78, 5) is 24.1. The summed E-state index contributed by atoms with van der Waals surface area (Å²) < 4.78 is 5.97. The van der Waals surface area contributed by atoms with Crippen LogP contribution in [0.2, 0.25) is 0 Å². The number of carbonyl (C=O) groups is 1. The molecule has 3 aliphatic rings. The van der Waals surface area contributed by atoms with Crippen molar-refractivity contribution in [2.75, 3.05) is 57.8 Å². The van der Waals surface area contributed by atoms with Crippen LogP contribution in [-0.4, -0.2) is 79.6 Å². The van der Waals surface area contributed by atoms with Gasteiger partial charge in [-0.15, -0.1) is 0 Å². The Morgan fingerprint density at radius 1 is 1.19 bits per heavy atom. The van der Waals surface area contributed by atoms with E-state index in [1.807, 2.05) is 12.1 Å². The SMILES string of the molecule is CN1CCN(c2cc3cc(C(=O)NC4CC5CCN(C5)C4)ncc3o2)CC1. The van der Waals surface area contributed by atoms with E-state index in [-0.39, 0.29) is 11.9 Å². The molecule has 0 radical (unpaired) electrons. The number of nitrogens with zero attached hydrogens (tertiary/aromatic N) is 4. The second-order valence-electron chi connectivity index (χ2n) is 8.30. The molecule has 144 valence electrons. The average Bonchev–Trinajstić information content (AvgIpc) is 3.24. The van der Waals surface area contributed by atoms with E-state index in [0.29, 0.717) is 5.69 Å². The van der Waals surface area contributed by atoms with E-state index in [1.165, 1.54) is 19.5 Å². The summed E-state index contributed by atoms with van der Waals surface area (Å²) in [6.07, 6.45) is 4.03. The normalized spacial score (nSPS) is 28.6. The molecule has 1 amide bonds. The Hall–Kier alpha value is -2.12. The Bertz CT molecular complexity index is 830. The lowest BCUT2D eigenvalue weighted by molar-refractivity contribution is 0.0904. The molecule has 3 unspecified atom stereocenters. The number of rotatable bonds is 3.